The van der Waals surface area contributed by atoms with Crippen molar-refractivity contribution in [3.05, 3.63) is 47.6 Å². The van der Waals surface area contributed by atoms with Gasteiger partial charge in [-0.15, -0.1) is 0 Å². The molecule has 1 aromatic carbocycles. The third-order valence-electron chi connectivity index (χ3n) is 13.5. The number of ether oxygens (including phenoxy) is 2. The highest BCUT2D eigenvalue weighted by Gasteiger charge is 2.74. The van der Waals surface area contributed by atoms with E-state index < -0.39 is 17.2 Å². The average molecular weight is 621 g/mol. The highest BCUT2D eigenvalue weighted by molar-refractivity contribution is 5.94. The number of hydrogen-bond donors (Lipinski definition) is 1. The van der Waals surface area contributed by atoms with Crippen LogP contribution in [0.5, 0.6) is 11.5 Å². The van der Waals surface area contributed by atoms with E-state index >= 15 is 0 Å². The van der Waals surface area contributed by atoms with Crippen LogP contribution in [0.3, 0.4) is 0 Å². The molecule has 6 heteroatoms. The molecule has 1 aromatic rings. The minimum absolute atomic E-state index is 0.0967. The number of esters is 1. The zero-order valence-corrected chi connectivity index (χ0v) is 28.9. The summed E-state index contributed by atoms with van der Waals surface area (Å²) in [5.41, 5.74) is 0.0541. The van der Waals surface area contributed by atoms with Gasteiger partial charge in [-0.1, -0.05) is 73.1 Å². The monoisotopic (exact) mass is 620 g/mol. The topological polar surface area (TPSA) is 74.2 Å². The summed E-state index contributed by atoms with van der Waals surface area (Å²) < 4.78 is 11.5. The molecule has 0 aromatic heterocycles. The molecule has 6 nitrogen and oxygen atoms in total. The van der Waals surface area contributed by atoms with Crippen LogP contribution in [0.25, 0.3) is 0 Å². The molecule has 4 aliphatic carbocycles. The zero-order chi connectivity index (χ0) is 32.4. The number of aromatic hydroxyl groups is 1. The summed E-state index contributed by atoms with van der Waals surface area (Å²) >= 11 is 0. The molecule has 2 heterocycles. The molecule has 2 aliphatic heterocycles. The fraction of sp³-hybridized carbons (Fsp3) is 0.718. The van der Waals surface area contributed by atoms with Gasteiger partial charge in [0.25, 0.3) is 0 Å². The van der Waals surface area contributed by atoms with E-state index in [1.54, 1.807) is 7.11 Å². The average Bonchev–Trinajstić information content (AvgIpc) is 3.37. The van der Waals surface area contributed by atoms with E-state index in [2.05, 4.69) is 65.8 Å². The first-order valence-corrected chi connectivity index (χ1v) is 17.7. The summed E-state index contributed by atoms with van der Waals surface area (Å²) in [5, 5.41) is 10.8. The predicted molar refractivity (Wildman–Crippen MR) is 176 cm³/mol. The van der Waals surface area contributed by atoms with E-state index in [0.29, 0.717) is 54.1 Å². The van der Waals surface area contributed by atoms with Crippen molar-refractivity contribution in [3.8, 4) is 11.5 Å². The highest BCUT2D eigenvalue weighted by atomic mass is 17.2. The third kappa shape index (κ3) is 4.99. The molecule has 0 radical (unpaired) electrons. The number of fused-ring (bicyclic) bond motifs is 2. The second-order valence-electron chi connectivity index (χ2n) is 16.0. The highest BCUT2D eigenvalue weighted by Crippen LogP contribution is 2.73. The molecule has 3 saturated carbocycles. The first-order valence-electron chi connectivity index (χ1n) is 17.7. The first kappa shape index (κ1) is 32.6. The van der Waals surface area contributed by atoms with Gasteiger partial charge in [-0.3, -0.25) is 0 Å². The second-order valence-corrected chi connectivity index (χ2v) is 16.0. The van der Waals surface area contributed by atoms with Gasteiger partial charge in [0.05, 0.1) is 7.11 Å². The molecule has 248 valence electrons. The SMILES string of the molecule is CCCc1cc(OC)cc(O)c1C(=O)O[C@H]1CC[C@]2(C)[C@H]3CC[C@]4(C)[C@@H]([C@H](C)C=C[C@H](C)C(C)C)CC[C@@H]4[C@@]34C=C[C@]2(C1)OO4. The third-order valence-corrected chi connectivity index (χ3v) is 13.5. The van der Waals surface area contributed by atoms with Crippen molar-refractivity contribution in [2.75, 3.05) is 7.11 Å². The van der Waals surface area contributed by atoms with Crippen molar-refractivity contribution in [2.45, 2.75) is 124 Å². The van der Waals surface area contributed by atoms with Crippen molar-refractivity contribution in [2.24, 2.45) is 46.3 Å². The smallest absolute Gasteiger partial charge is 0.342 e. The predicted octanol–water partition coefficient (Wildman–Crippen LogP) is 9.01. The normalized spacial score (nSPS) is 39.8. The Morgan fingerprint density at radius 1 is 1.02 bits per heavy atom. The summed E-state index contributed by atoms with van der Waals surface area (Å²) in [5.74, 6) is 3.16. The summed E-state index contributed by atoms with van der Waals surface area (Å²) in [6.45, 7) is 16.3. The van der Waals surface area contributed by atoms with E-state index in [1.807, 2.05) is 13.0 Å². The van der Waals surface area contributed by atoms with Gasteiger partial charge in [0.15, 0.2) is 0 Å². The minimum atomic E-state index is -0.633. The Morgan fingerprint density at radius 3 is 2.47 bits per heavy atom. The van der Waals surface area contributed by atoms with E-state index in [0.717, 1.165) is 37.7 Å². The number of carbonyl (C=O) groups excluding carboxylic acids is 1. The fourth-order valence-corrected chi connectivity index (χ4v) is 10.5. The summed E-state index contributed by atoms with van der Waals surface area (Å²) in [7, 11) is 1.56. The lowest BCUT2D eigenvalue weighted by Gasteiger charge is -2.69. The van der Waals surface area contributed by atoms with Gasteiger partial charge in [-0.25, -0.2) is 14.6 Å². The molecular formula is C39H56O6. The lowest BCUT2D eigenvalue weighted by molar-refractivity contribution is -0.497. The molecule has 4 fully saturated rings. The van der Waals surface area contributed by atoms with Crippen LogP contribution in [-0.4, -0.2) is 35.5 Å². The van der Waals surface area contributed by atoms with Crippen LogP contribution in [0.1, 0.15) is 116 Å². The molecule has 7 rings (SSSR count). The maximum absolute atomic E-state index is 13.5. The van der Waals surface area contributed by atoms with E-state index in [1.165, 1.54) is 18.9 Å². The van der Waals surface area contributed by atoms with Gasteiger partial charge in [0, 0.05) is 29.7 Å². The van der Waals surface area contributed by atoms with E-state index in [4.69, 9.17) is 19.2 Å². The quantitative estimate of drug-likeness (QED) is 0.169. The van der Waals surface area contributed by atoms with Gasteiger partial charge < -0.3 is 14.6 Å². The Hall–Kier alpha value is -2.31. The van der Waals surface area contributed by atoms with Crippen molar-refractivity contribution in [3.63, 3.8) is 0 Å². The van der Waals surface area contributed by atoms with Gasteiger partial charge in [-0.2, -0.15) is 0 Å². The molecule has 1 saturated heterocycles. The molecule has 1 N–H and O–H groups in total. The Bertz CT molecular complexity index is 1350. The van der Waals surface area contributed by atoms with Crippen LogP contribution in [0.4, 0.5) is 0 Å². The molecule has 45 heavy (non-hydrogen) atoms. The molecular weight excluding hydrogens is 564 g/mol. The fourth-order valence-electron chi connectivity index (χ4n) is 10.5. The summed E-state index contributed by atoms with van der Waals surface area (Å²) in [4.78, 5) is 26.8. The largest absolute Gasteiger partial charge is 0.507 e. The van der Waals surface area contributed by atoms with Crippen LogP contribution in [0.15, 0.2) is 36.4 Å². The number of aryl methyl sites for hydroxylation is 1. The second kappa shape index (κ2) is 11.7. The van der Waals surface area contributed by atoms with Gasteiger partial charge in [0.1, 0.15) is 34.4 Å². The van der Waals surface area contributed by atoms with Gasteiger partial charge in [0.2, 0.25) is 0 Å². The zero-order valence-electron chi connectivity index (χ0n) is 28.9. The van der Waals surface area contributed by atoms with Gasteiger partial charge >= 0.3 is 5.97 Å². The van der Waals surface area contributed by atoms with Crippen molar-refractivity contribution >= 4 is 5.97 Å². The number of hydrogen-bond acceptors (Lipinski definition) is 6. The number of methoxy groups -OCH3 is 1. The Morgan fingerprint density at radius 2 is 1.80 bits per heavy atom. The minimum Gasteiger partial charge on any atom is -0.507 e. The van der Waals surface area contributed by atoms with Crippen LogP contribution < -0.4 is 4.74 Å². The standard InChI is InChI=1S/C39H56O6/c1-9-10-27-21-29(42-8)22-31(40)34(27)35(41)43-28-15-18-37(7)33-16-17-36(6)30(26(5)12-11-25(4)24(2)3)13-14-32(36)39(33)20-19-38(37,23-28)44-45-39/h11-12,19-22,24-26,28,30,32-33,40H,9-10,13-18,23H2,1-8H3/t25-,26+,28-,30+,32-,33+,36+,37+,38+,39-/m0/s1. The Labute approximate surface area is 270 Å². The first-order chi connectivity index (χ1) is 21.3. The summed E-state index contributed by atoms with van der Waals surface area (Å²) in [6, 6.07) is 3.31. The van der Waals surface area contributed by atoms with E-state index in [-0.39, 0.29) is 28.2 Å². The number of phenolic OH excluding ortho intramolecular Hbond substituents is 1. The number of carbonyl (C=O) groups is 1. The summed E-state index contributed by atoms with van der Waals surface area (Å²) in [6.07, 6.45) is 17.7. The number of rotatable bonds is 9. The van der Waals surface area contributed by atoms with Crippen LogP contribution >= 0.6 is 0 Å². The van der Waals surface area contributed by atoms with Crippen LogP contribution in [0.2, 0.25) is 0 Å². The maximum Gasteiger partial charge on any atom is 0.342 e. The van der Waals surface area contributed by atoms with Crippen LogP contribution in [0, 0.1) is 46.3 Å². The number of benzene rings is 1. The van der Waals surface area contributed by atoms with Gasteiger partial charge in [-0.05, 0) is 91.7 Å². The van der Waals surface area contributed by atoms with Crippen molar-refractivity contribution < 1.29 is 29.1 Å². The molecule has 6 aliphatic rings. The molecule has 0 unspecified atom stereocenters. The van der Waals surface area contributed by atoms with Crippen molar-refractivity contribution in [1.29, 1.82) is 0 Å². The van der Waals surface area contributed by atoms with E-state index in [9.17, 15) is 9.90 Å². The van der Waals surface area contributed by atoms with Crippen molar-refractivity contribution in [1.82, 2.24) is 0 Å². The maximum atomic E-state index is 13.5. The Kier molecular flexibility index (Phi) is 8.51. The lowest BCUT2D eigenvalue weighted by atomic mass is 9.42. The molecule has 0 amide bonds. The number of allylic oxidation sites excluding steroid dienone is 2. The molecule has 10 atom stereocenters. The molecule has 2 spiro atoms. The van der Waals surface area contributed by atoms with Crippen LogP contribution in [-0.2, 0) is 20.9 Å². The lowest BCUT2D eigenvalue weighted by Crippen LogP contribution is -2.73. The molecule has 2 bridgehead atoms. The number of phenols is 1. The Balaban J connectivity index is 1.22.